The molecule has 0 saturated heterocycles. The van der Waals surface area contributed by atoms with Crippen molar-refractivity contribution in [2.75, 3.05) is 4.90 Å². The van der Waals surface area contributed by atoms with Crippen LogP contribution in [0.4, 0.5) is 5.69 Å². The summed E-state index contributed by atoms with van der Waals surface area (Å²) in [6.07, 6.45) is 1.09. The fourth-order valence-corrected chi connectivity index (χ4v) is 3.84. The van der Waals surface area contributed by atoms with E-state index in [-0.39, 0.29) is 5.41 Å². The van der Waals surface area contributed by atoms with E-state index in [0.29, 0.717) is 11.9 Å². The Labute approximate surface area is 162 Å². The van der Waals surface area contributed by atoms with Crippen LogP contribution in [-0.4, -0.2) is 11.0 Å². The van der Waals surface area contributed by atoms with Gasteiger partial charge < -0.3 is 9.32 Å². The van der Waals surface area contributed by atoms with Gasteiger partial charge in [-0.25, -0.2) is 4.98 Å². The van der Waals surface area contributed by atoms with Crippen LogP contribution in [0.3, 0.4) is 0 Å². The lowest BCUT2D eigenvalue weighted by Crippen LogP contribution is -2.29. The lowest BCUT2D eigenvalue weighted by molar-refractivity contribution is 0.537. The molecule has 1 aliphatic rings. The maximum Gasteiger partial charge on any atom is 0.226 e. The van der Waals surface area contributed by atoms with Crippen LogP contribution in [0.5, 0.6) is 0 Å². The summed E-state index contributed by atoms with van der Waals surface area (Å²) in [5, 5.41) is 0. The van der Waals surface area contributed by atoms with Gasteiger partial charge in [-0.15, -0.1) is 0 Å². The first kappa shape index (κ1) is 17.8. The molecular weight excluding hydrogens is 332 g/mol. The van der Waals surface area contributed by atoms with Crippen LogP contribution in [0.1, 0.15) is 50.3 Å². The van der Waals surface area contributed by atoms with Crippen molar-refractivity contribution in [1.29, 1.82) is 0 Å². The van der Waals surface area contributed by atoms with E-state index >= 15 is 0 Å². The van der Waals surface area contributed by atoms with Crippen LogP contribution in [0.15, 0.2) is 52.9 Å². The largest absolute Gasteiger partial charge is 0.441 e. The Morgan fingerprint density at radius 3 is 2.48 bits per heavy atom. The highest BCUT2D eigenvalue weighted by Crippen LogP contribution is 2.34. The monoisotopic (exact) mass is 360 g/mol. The van der Waals surface area contributed by atoms with Crippen molar-refractivity contribution in [3.63, 3.8) is 0 Å². The van der Waals surface area contributed by atoms with Crippen molar-refractivity contribution >= 4 is 5.69 Å². The number of hydrogen-bond acceptors (Lipinski definition) is 3. The summed E-state index contributed by atoms with van der Waals surface area (Å²) >= 11 is 0. The third-order valence-electron chi connectivity index (χ3n) is 5.56. The lowest BCUT2D eigenvalue weighted by Gasteiger charge is -2.24. The fraction of sp³-hybridized carbons (Fsp3) is 0.375. The Morgan fingerprint density at radius 2 is 1.78 bits per heavy atom. The highest BCUT2D eigenvalue weighted by Gasteiger charge is 2.27. The van der Waals surface area contributed by atoms with Crippen molar-refractivity contribution in [3.8, 4) is 11.5 Å². The van der Waals surface area contributed by atoms with Gasteiger partial charge >= 0.3 is 0 Å². The molecule has 3 heteroatoms. The topological polar surface area (TPSA) is 29.3 Å². The summed E-state index contributed by atoms with van der Waals surface area (Å²) in [5.74, 6) is 1.62. The Balaban J connectivity index is 1.59. The summed E-state index contributed by atoms with van der Waals surface area (Å²) in [6.45, 7) is 11.8. The summed E-state index contributed by atoms with van der Waals surface area (Å²) in [6, 6.07) is 17.7. The second-order valence-electron chi connectivity index (χ2n) is 8.66. The summed E-state index contributed by atoms with van der Waals surface area (Å²) < 4.78 is 6.02. The number of nitrogens with zero attached hydrogens (tertiary/aromatic N) is 2. The minimum absolute atomic E-state index is 0.148. The molecule has 1 unspecified atom stereocenters. The van der Waals surface area contributed by atoms with Crippen molar-refractivity contribution in [2.45, 2.75) is 59.0 Å². The van der Waals surface area contributed by atoms with E-state index in [1.807, 2.05) is 6.92 Å². The summed E-state index contributed by atoms with van der Waals surface area (Å²) in [4.78, 5) is 7.27. The maximum absolute atomic E-state index is 6.02. The molecule has 140 valence electrons. The molecule has 0 spiro atoms. The molecule has 1 aromatic heterocycles. The van der Waals surface area contributed by atoms with Crippen molar-refractivity contribution in [3.05, 3.63) is 71.1 Å². The molecule has 0 radical (unpaired) electrons. The van der Waals surface area contributed by atoms with Gasteiger partial charge in [-0.05, 0) is 55.0 Å². The average Bonchev–Trinajstić information content (AvgIpc) is 3.15. The van der Waals surface area contributed by atoms with E-state index in [1.54, 1.807) is 0 Å². The summed E-state index contributed by atoms with van der Waals surface area (Å²) in [5.41, 5.74) is 6.26. The Bertz CT molecular complexity index is 947. The van der Waals surface area contributed by atoms with Crippen molar-refractivity contribution in [1.82, 2.24) is 4.98 Å². The Morgan fingerprint density at radius 1 is 1.07 bits per heavy atom. The Kier molecular flexibility index (Phi) is 4.33. The highest BCUT2D eigenvalue weighted by atomic mass is 16.4. The number of aryl methyl sites for hydroxylation is 1. The number of hydrogen-bond donors (Lipinski definition) is 0. The van der Waals surface area contributed by atoms with Gasteiger partial charge in [0.25, 0.3) is 0 Å². The number of anilines is 1. The van der Waals surface area contributed by atoms with Gasteiger partial charge in [0.05, 0.1) is 6.54 Å². The van der Waals surface area contributed by atoms with E-state index in [2.05, 4.69) is 81.1 Å². The highest BCUT2D eigenvalue weighted by molar-refractivity contribution is 5.60. The molecule has 1 aliphatic heterocycles. The molecule has 1 atom stereocenters. The van der Waals surface area contributed by atoms with Crippen LogP contribution in [0.2, 0.25) is 0 Å². The normalized spacial score (nSPS) is 16.6. The first-order chi connectivity index (χ1) is 12.8. The molecule has 0 aliphatic carbocycles. The number of rotatable bonds is 3. The van der Waals surface area contributed by atoms with Gasteiger partial charge in [-0.1, -0.05) is 51.1 Å². The fourth-order valence-electron chi connectivity index (χ4n) is 3.84. The molecule has 3 nitrogen and oxygen atoms in total. The summed E-state index contributed by atoms with van der Waals surface area (Å²) in [7, 11) is 0. The second-order valence-corrected chi connectivity index (χ2v) is 8.66. The SMILES string of the molecule is Cc1oc(-c2ccc(C(C)(C)C)cc2)nc1CN1c2ccccc2CC1C. The third-order valence-corrected chi connectivity index (χ3v) is 5.56. The molecule has 27 heavy (non-hydrogen) atoms. The first-order valence-corrected chi connectivity index (χ1v) is 9.74. The number of para-hydroxylation sites is 1. The smallest absolute Gasteiger partial charge is 0.226 e. The molecule has 0 N–H and O–H groups in total. The maximum atomic E-state index is 6.02. The molecule has 2 aromatic carbocycles. The third kappa shape index (κ3) is 3.39. The molecule has 0 amide bonds. The Hall–Kier alpha value is -2.55. The second kappa shape index (κ2) is 6.56. The zero-order chi connectivity index (χ0) is 19.2. The molecule has 0 fully saturated rings. The van der Waals surface area contributed by atoms with Crippen LogP contribution in [0.25, 0.3) is 11.5 Å². The standard InChI is InChI=1S/C24H28N2O/c1-16-14-19-8-6-7-9-22(19)26(16)15-21-17(2)27-23(25-21)18-10-12-20(13-11-18)24(3,4)5/h6-13,16H,14-15H2,1-5H3. The van der Waals surface area contributed by atoms with Gasteiger partial charge in [-0.3, -0.25) is 0 Å². The van der Waals surface area contributed by atoms with Gasteiger partial charge in [0.2, 0.25) is 5.89 Å². The number of fused-ring (bicyclic) bond motifs is 1. The molecule has 0 saturated carbocycles. The van der Waals surface area contributed by atoms with Gasteiger partial charge in [-0.2, -0.15) is 0 Å². The van der Waals surface area contributed by atoms with E-state index in [4.69, 9.17) is 9.40 Å². The van der Waals surface area contributed by atoms with Crippen LogP contribution >= 0.6 is 0 Å². The minimum Gasteiger partial charge on any atom is -0.441 e. The number of oxazole rings is 1. The predicted molar refractivity (Wildman–Crippen MR) is 111 cm³/mol. The lowest BCUT2D eigenvalue weighted by atomic mass is 9.87. The van der Waals surface area contributed by atoms with E-state index < -0.39 is 0 Å². The number of aromatic nitrogens is 1. The molecule has 3 aromatic rings. The van der Waals surface area contributed by atoms with Crippen LogP contribution < -0.4 is 4.90 Å². The van der Waals surface area contributed by atoms with Crippen LogP contribution in [0, 0.1) is 6.92 Å². The van der Waals surface area contributed by atoms with Gasteiger partial charge in [0.15, 0.2) is 0 Å². The van der Waals surface area contributed by atoms with Crippen molar-refractivity contribution in [2.24, 2.45) is 0 Å². The molecule has 0 bridgehead atoms. The van der Waals surface area contributed by atoms with Crippen LogP contribution in [-0.2, 0) is 18.4 Å². The zero-order valence-corrected chi connectivity index (χ0v) is 16.9. The zero-order valence-electron chi connectivity index (χ0n) is 16.9. The molecule has 4 rings (SSSR count). The minimum atomic E-state index is 0.148. The number of benzene rings is 2. The van der Waals surface area contributed by atoms with E-state index in [1.165, 1.54) is 16.8 Å². The molecule has 2 heterocycles. The van der Waals surface area contributed by atoms with Crippen molar-refractivity contribution < 1.29 is 4.42 Å². The average molecular weight is 361 g/mol. The van der Waals surface area contributed by atoms with E-state index in [9.17, 15) is 0 Å². The van der Waals surface area contributed by atoms with Gasteiger partial charge in [0.1, 0.15) is 11.5 Å². The van der Waals surface area contributed by atoms with Gasteiger partial charge in [0, 0.05) is 17.3 Å². The van der Waals surface area contributed by atoms with E-state index in [0.717, 1.165) is 30.0 Å². The predicted octanol–water partition coefficient (Wildman–Crippen LogP) is 5.90. The molecular formula is C24H28N2O. The first-order valence-electron chi connectivity index (χ1n) is 9.74. The quantitative estimate of drug-likeness (QED) is 0.582.